The van der Waals surface area contributed by atoms with Crippen molar-refractivity contribution in [2.45, 2.75) is 19.9 Å². The van der Waals surface area contributed by atoms with Crippen LogP contribution in [0.5, 0.6) is 23.1 Å². The molecule has 0 aliphatic heterocycles. The maximum atomic E-state index is 13.2. The van der Waals surface area contributed by atoms with Crippen molar-refractivity contribution in [1.82, 2.24) is 15.3 Å². The number of fused-ring (bicyclic) bond motifs is 1. The molecule has 0 unspecified atom stereocenters. The summed E-state index contributed by atoms with van der Waals surface area (Å²) in [6.07, 6.45) is 2.73. The molecule has 0 fully saturated rings. The first-order valence-electron chi connectivity index (χ1n) is 12.3. The van der Waals surface area contributed by atoms with Gasteiger partial charge in [-0.3, -0.25) is 9.59 Å². The van der Waals surface area contributed by atoms with Crippen LogP contribution in [0.4, 0.5) is 15.8 Å². The highest BCUT2D eigenvalue weighted by Gasteiger charge is 2.20. The lowest BCUT2D eigenvalue weighted by Gasteiger charge is -2.13. The van der Waals surface area contributed by atoms with Gasteiger partial charge in [0.15, 0.2) is 11.5 Å². The van der Waals surface area contributed by atoms with E-state index in [1.54, 1.807) is 43.5 Å². The Bertz CT molecular complexity index is 1540. The highest BCUT2D eigenvalue weighted by atomic mass is 19.1. The summed E-state index contributed by atoms with van der Waals surface area (Å²) in [5.74, 6) is 0.0804. The molecule has 3 aromatic carbocycles. The number of nitrogens with zero attached hydrogens (tertiary/aromatic N) is 2. The Balaban J connectivity index is 1.49. The fourth-order valence-corrected chi connectivity index (χ4v) is 3.57. The molecule has 0 saturated heterocycles. The largest absolute Gasteiger partial charge is 0.493 e. The number of benzene rings is 3. The third-order valence-corrected chi connectivity index (χ3v) is 5.58. The number of hydrogen-bond acceptors (Lipinski definition) is 8. The Morgan fingerprint density at radius 3 is 2.00 bits per heavy atom. The summed E-state index contributed by atoms with van der Waals surface area (Å²) in [5.41, 5.74) is 1.24. The second kappa shape index (κ2) is 12.6. The van der Waals surface area contributed by atoms with Crippen LogP contribution in [0.25, 0.3) is 10.9 Å². The molecule has 3 N–H and O–H groups in total. The fourth-order valence-electron chi connectivity index (χ4n) is 3.57. The maximum Gasteiger partial charge on any atom is 0.262 e. The summed E-state index contributed by atoms with van der Waals surface area (Å²) < 4.78 is 29.9. The molecule has 0 spiro atoms. The summed E-state index contributed by atoms with van der Waals surface area (Å²) in [4.78, 5) is 34.4. The standard InChI is InChI=1S/C29H28FN5O5/c1-17(2)31-15-23(27(36)34-19-7-5-18(30)6-8-19)28(37)35-20-9-11-21(12-10-20)40-29-22-13-25(38-3)26(39-4)14-24(22)32-16-33-29/h5-17,31H,1-4H3,(H,34,36)(H,35,37)/b23-15+. The van der Waals surface area contributed by atoms with E-state index < -0.39 is 17.6 Å². The molecule has 4 aromatic rings. The van der Waals surface area contributed by atoms with Crippen molar-refractivity contribution in [3.63, 3.8) is 0 Å². The van der Waals surface area contributed by atoms with Crippen molar-refractivity contribution >= 4 is 34.1 Å². The van der Waals surface area contributed by atoms with Gasteiger partial charge in [-0.2, -0.15) is 0 Å². The van der Waals surface area contributed by atoms with E-state index in [1.165, 1.54) is 43.9 Å². The van der Waals surface area contributed by atoms with Crippen LogP contribution in [0, 0.1) is 5.82 Å². The zero-order chi connectivity index (χ0) is 28.6. The molecular weight excluding hydrogens is 517 g/mol. The minimum absolute atomic E-state index is 0.0169. The Morgan fingerprint density at radius 2 is 1.43 bits per heavy atom. The molecule has 4 rings (SSSR count). The van der Waals surface area contributed by atoms with Gasteiger partial charge in [0.2, 0.25) is 5.88 Å². The summed E-state index contributed by atoms with van der Waals surface area (Å²) in [5, 5.41) is 8.90. The second-order valence-electron chi connectivity index (χ2n) is 8.82. The van der Waals surface area contributed by atoms with Crippen LogP contribution < -0.4 is 30.2 Å². The van der Waals surface area contributed by atoms with Crippen molar-refractivity contribution in [1.29, 1.82) is 0 Å². The third kappa shape index (κ3) is 6.81. The number of carbonyl (C=O) groups excluding carboxylic acids is 2. The Labute approximate surface area is 230 Å². The van der Waals surface area contributed by atoms with E-state index in [1.807, 2.05) is 13.8 Å². The van der Waals surface area contributed by atoms with Gasteiger partial charge >= 0.3 is 0 Å². The smallest absolute Gasteiger partial charge is 0.262 e. The monoisotopic (exact) mass is 545 g/mol. The Hall–Kier alpha value is -5.19. The number of hydrogen-bond donors (Lipinski definition) is 3. The molecule has 206 valence electrons. The zero-order valence-electron chi connectivity index (χ0n) is 22.3. The molecular formula is C29H28FN5O5. The zero-order valence-corrected chi connectivity index (χ0v) is 22.3. The van der Waals surface area contributed by atoms with Crippen molar-refractivity contribution in [3.05, 3.63) is 84.6 Å². The lowest BCUT2D eigenvalue weighted by molar-refractivity contribution is -0.118. The number of carbonyl (C=O) groups is 2. The number of nitrogens with one attached hydrogen (secondary N) is 3. The van der Waals surface area contributed by atoms with Gasteiger partial charge < -0.3 is 30.2 Å². The van der Waals surface area contributed by atoms with Crippen LogP contribution in [0.15, 0.2) is 78.8 Å². The van der Waals surface area contributed by atoms with Gasteiger partial charge in [-0.1, -0.05) is 0 Å². The van der Waals surface area contributed by atoms with Crippen molar-refractivity contribution in [2.24, 2.45) is 0 Å². The van der Waals surface area contributed by atoms with Gasteiger partial charge in [0.05, 0.1) is 25.1 Å². The molecule has 2 amide bonds. The molecule has 0 radical (unpaired) electrons. The second-order valence-corrected chi connectivity index (χ2v) is 8.82. The van der Waals surface area contributed by atoms with Crippen LogP contribution in [-0.2, 0) is 9.59 Å². The van der Waals surface area contributed by atoms with Crippen molar-refractivity contribution < 1.29 is 28.2 Å². The van der Waals surface area contributed by atoms with E-state index in [0.29, 0.717) is 45.4 Å². The highest BCUT2D eigenvalue weighted by molar-refractivity contribution is 6.26. The quantitative estimate of drug-likeness (QED) is 0.144. The minimum Gasteiger partial charge on any atom is -0.493 e. The number of aromatic nitrogens is 2. The predicted octanol–water partition coefficient (Wildman–Crippen LogP) is 5.04. The third-order valence-electron chi connectivity index (χ3n) is 5.58. The van der Waals surface area contributed by atoms with Gasteiger partial charge in [-0.25, -0.2) is 14.4 Å². The fraction of sp³-hybridized carbons (Fsp3) is 0.172. The van der Waals surface area contributed by atoms with Gasteiger partial charge in [-0.15, -0.1) is 0 Å². The minimum atomic E-state index is -0.653. The van der Waals surface area contributed by atoms with Crippen LogP contribution in [-0.4, -0.2) is 42.0 Å². The highest BCUT2D eigenvalue weighted by Crippen LogP contribution is 2.35. The van der Waals surface area contributed by atoms with E-state index in [0.717, 1.165) is 0 Å². The number of rotatable bonds is 10. The first-order valence-corrected chi connectivity index (χ1v) is 12.3. The van der Waals surface area contributed by atoms with Crippen LogP contribution in [0.2, 0.25) is 0 Å². The van der Waals surface area contributed by atoms with E-state index >= 15 is 0 Å². The molecule has 0 bridgehead atoms. The molecule has 40 heavy (non-hydrogen) atoms. The first-order chi connectivity index (χ1) is 19.3. The molecule has 1 aromatic heterocycles. The predicted molar refractivity (Wildman–Crippen MR) is 149 cm³/mol. The van der Waals surface area contributed by atoms with E-state index in [-0.39, 0.29) is 11.6 Å². The SMILES string of the molecule is COc1cc2ncnc(Oc3ccc(NC(=O)/C(=C/NC(C)C)C(=O)Nc4ccc(F)cc4)cc3)c2cc1OC. The lowest BCUT2D eigenvalue weighted by Crippen LogP contribution is -2.28. The molecule has 11 heteroatoms. The van der Waals surface area contributed by atoms with Gasteiger partial charge in [-0.05, 0) is 68.4 Å². The average molecular weight is 546 g/mol. The molecule has 0 aliphatic rings. The van der Waals surface area contributed by atoms with Gasteiger partial charge in [0.1, 0.15) is 23.5 Å². The van der Waals surface area contributed by atoms with E-state index in [2.05, 4.69) is 25.9 Å². The first kappa shape index (κ1) is 27.8. The lowest BCUT2D eigenvalue weighted by atomic mass is 10.2. The number of amides is 2. The van der Waals surface area contributed by atoms with Crippen molar-refractivity contribution in [2.75, 3.05) is 24.9 Å². The number of anilines is 2. The molecule has 0 atom stereocenters. The van der Waals surface area contributed by atoms with Gasteiger partial charge in [0.25, 0.3) is 11.8 Å². The molecule has 10 nitrogen and oxygen atoms in total. The topological polar surface area (TPSA) is 124 Å². The Morgan fingerprint density at radius 1 is 0.850 bits per heavy atom. The maximum absolute atomic E-state index is 13.2. The molecule has 0 saturated carbocycles. The Kier molecular flexibility index (Phi) is 8.75. The van der Waals surface area contributed by atoms with Crippen molar-refractivity contribution in [3.8, 4) is 23.1 Å². The number of halogens is 1. The summed E-state index contributed by atoms with van der Waals surface area (Å²) >= 11 is 0. The van der Waals surface area contributed by atoms with E-state index in [9.17, 15) is 14.0 Å². The molecule has 0 aliphatic carbocycles. The van der Waals surface area contributed by atoms with Crippen LogP contribution in [0.1, 0.15) is 13.8 Å². The van der Waals surface area contributed by atoms with Crippen LogP contribution in [0.3, 0.4) is 0 Å². The van der Waals surface area contributed by atoms with Crippen LogP contribution >= 0.6 is 0 Å². The van der Waals surface area contributed by atoms with E-state index in [4.69, 9.17) is 14.2 Å². The molecule has 1 heterocycles. The normalized spacial score (nSPS) is 11.2. The summed E-state index contributed by atoms with van der Waals surface area (Å²) in [6.45, 7) is 3.74. The summed E-state index contributed by atoms with van der Waals surface area (Å²) in [6, 6.07) is 15.3. The van der Waals surface area contributed by atoms with Gasteiger partial charge in [0, 0.05) is 29.7 Å². The summed E-state index contributed by atoms with van der Waals surface area (Å²) in [7, 11) is 3.08. The number of ether oxygens (including phenoxy) is 3. The number of methoxy groups -OCH3 is 2. The average Bonchev–Trinajstić information content (AvgIpc) is 2.94.